The highest BCUT2D eigenvalue weighted by atomic mass is 16.5. The lowest BCUT2D eigenvalue weighted by Gasteiger charge is -2.27. The molecule has 4 aromatic rings. The molecule has 2 aromatic carbocycles. The monoisotopic (exact) mass is 456 g/mol. The second kappa shape index (κ2) is 8.55. The fourth-order valence-corrected chi connectivity index (χ4v) is 4.41. The first-order valence-corrected chi connectivity index (χ1v) is 11.0. The van der Waals surface area contributed by atoms with Crippen LogP contribution < -0.4 is 4.74 Å². The Labute approximate surface area is 196 Å². The summed E-state index contributed by atoms with van der Waals surface area (Å²) in [5.74, 6) is 0.238. The number of phenols is 2. The highest BCUT2D eigenvalue weighted by Gasteiger charge is 2.42. The normalized spacial score (nSPS) is 14.9. The van der Waals surface area contributed by atoms with Gasteiger partial charge in [-0.05, 0) is 55.3 Å². The van der Waals surface area contributed by atoms with Crippen molar-refractivity contribution in [1.29, 1.82) is 0 Å². The van der Waals surface area contributed by atoms with E-state index < -0.39 is 6.04 Å². The quantitative estimate of drug-likeness (QED) is 0.398. The van der Waals surface area contributed by atoms with Crippen LogP contribution in [0.15, 0.2) is 60.9 Å². The van der Waals surface area contributed by atoms with Gasteiger partial charge >= 0.3 is 0 Å². The van der Waals surface area contributed by atoms with Gasteiger partial charge in [0.25, 0.3) is 5.91 Å². The third-order valence-corrected chi connectivity index (χ3v) is 5.95. The molecule has 1 aliphatic heterocycles. The molecule has 3 N–H and O–H groups in total. The number of ether oxygens (including phenoxy) is 1. The Morgan fingerprint density at radius 1 is 1.12 bits per heavy atom. The molecule has 3 heterocycles. The van der Waals surface area contributed by atoms with Crippen molar-refractivity contribution in [3.05, 3.63) is 88.9 Å². The number of carbonyl (C=O) groups is 1. The SMILES string of the molecule is CCOc1cc([C@H]2c3c(-c4cc(C)ccc4O)n[nH]c3C(=O)N2Cc2cccnc2)ccc1O. The first kappa shape index (κ1) is 21.5. The molecule has 8 heteroatoms. The predicted octanol–water partition coefficient (Wildman–Crippen LogP) is 4.34. The van der Waals surface area contributed by atoms with Crippen LogP contribution in [0.1, 0.15) is 45.7 Å². The number of nitrogens with zero attached hydrogens (tertiary/aromatic N) is 3. The third-order valence-electron chi connectivity index (χ3n) is 5.95. The average molecular weight is 457 g/mol. The number of aromatic nitrogens is 3. The van der Waals surface area contributed by atoms with Gasteiger partial charge in [0.05, 0.1) is 12.6 Å². The molecule has 0 radical (unpaired) electrons. The first-order chi connectivity index (χ1) is 16.5. The van der Waals surface area contributed by atoms with Crippen LogP contribution in [-0.4, -0.2) is 42.8 Å². The van der Waals surface area contributed by atoms with Gasteiger partial charge < -0.3 is 19.8 Å². The molecule has 5 rings (SSSR count). The lowest BCUT2D eigenvalue weighted by Crippen LogP contribution is -2.29. The molecule has 0 aliphatic carbocycles. The zero-order chi connectivity index (χ0) is 23.8. The van der Waals surface area contributed by atoms with Crippen molar-refractivity contribution in [2.24, 2.45) is 0 Å². The van der Waals surface area contributed by atoms with Crippen molar-refractivity contribution < 1.29 is 19.7 Å². The summed E-state index contributed by atoms with van der Waals surface area (Å²) in [6, 6.07) is 13.6. The number of fused-ring (bicyclic) bond motifs is 1. The van der Waals surface area contributed by atoms with Gasteiger partial charge in [-0.25, -0.2) is 0 Å². The van der Waals surface area contributed by atoms with Crippen LogP contribution in [0.25, 0.3) is 11.3 Å². The van der Waals surface area contributed by atoms with Crippen LogP contribution in [-0.2, 0) is 6.54 Å². The summed E-state index contributed by atoms with van der Waals surface area (Å²) in [6.45, 7) is 4.48. The number of nitrogens with one attached hydrogen (secondary N) is 1. The number of rotatable bonds is 6. The molecule has 0 unspecified atom stereocenters. The van der Waals surface area contributed by atoms with Crippen LogP contribution in [0.2, 0.25) is 0 Å². The molecule has 34 heavy (non-hydrogen) atoms. The summed E-state index contributed by atoms with van der Waals surface area (Å²) in [6.07, 6.45) is 3.41. The molecule has 1 atom stereocenters. The van der Waals surface area contributed by atoms with Crippen molar-refractivity contribution in [2.45, 2.75) is 26.4 Å². The fraction of sp³-hybridized carbons (Fsp3) is 0.192. The smallest absolute Gasteiger partial charge is 0.273 e. The predicted molar refractivity (Wildman–Crippen MR) is 126 cm³/mol. The maximum Gasteiger partial charge on any atom is 0.273 e. The number of carbonyl (C=O) groups excluding carboxylic acids is 1. The number of aromatic amines is 1. The van der Waals surface area contributed by atoms with Gasteiger partial charge in [-0.15, -0.1) is 0 Å². The van der Waals surface area contributed by atoms with Crippen molar-refractivity contribution >= 4 is 5.91 Å². The van der Waals surface area contributed by atoms with Gasteiger partial charge in [-0.2, -0.15) is 5.10 Å². The minimum Gasteiger partial charge on any atom is -0.507 e. The molecule has 0 spiro atoms. The van der Waals surface area contributed by atoms with Crippen LogP contribution >= 0.6 is 0 Å². The van der Waals surface area contributed by atoms with Gasteiger partial charge in [-0.3, -0.25) is 14.9 Å². The Kier molecular flexibility index (Phi) is 5.41. The lowest BCUT2D eigenvalue weighted by atomic mass is 9.94. The summed E-state index contributed by atoms with van der Waals surface area (Å²) < 4.78 is 5.61. The van der Waals surface area contributed by atoms with Gasteiger partial charge in [0.1, 0.15) is 17.1 Å². The Morgan fingerprint density at radius 3 is 2.71 bits per heavy atom. The van der Waals surface area contributed by atoms with Crippen LogP contribution in [0.4, 0.5) is 0 Å². The summed E-state index contributed by atoms with van der Waals surface area (Å²) in [5, 5.41) is 28.2. The molecule has 8 nitrogen and oxygen atoms in total. The number of aromatic hydroxyl groups is 2. The molecule has 0 saturated heterocycles. The minimum absolute atomic E-state index is 0.0257. The minimum atomic E-state index is -0.517. The van der Waals surface area contributed by atoms with E-state index in [9.17, 15) is 15.0 Å². The number of pyridine rings is 1. The maximum absolute atomic E-state index is 13.6. The van der Waals surface area contributed by atoms with Crippen molar-refractivity contribution in [2.75, 3.05) is 6.61 Å². The van der Waals surface area contributed by atoms with Crippen LogP contribution in [0.5, 0.6) is 17.2 Å². The van der Waals surface area contributed by atoms with Crippen molar-refractivity contribution in [3.8, 4) is 28.5 Å². The maximum atomic E-state index is 13.6. The zero-order valence-electron chi connectivity index (χ0n) is 18.8. The number of benzene rings is 2. The molecule has 172 valence electrons. The van der Waals surface area contributed by atoms with E-state index in [1.807, 2.05) is 38.1 Å². The molecule has 0 fully saturated rings. The third kappa shape index (κ3) is 3.63. The zero-order valence-corrected chi connectivity index (χ0v) is 18.8. The molecule has 2 aromatic heterocycles. The number of hydrogen-bond acceptors (Lipinski definition) is 6. The van der Waals surface area contributed by atoms with E-state index in [2.05, 4.69) is 15.2 Å². The van der Waals surface area contributed by atoms with E-state index in [-0.39, 0.29) is 17.4 Å². The van der Waals surface area contributed by atoms with E-state index in [0.29, 0.717) is 41.4 Å². The first-order valence-electron chi connectivity index (χ1n) is 11.0. The Bertz CT molecular complexity index is 1370. The molecule has 1 amide bonds. The van der Waals surface area contributed by atoms with Crippen molar-refractivity contribution in [3.63, 3.8) is 0 Å². The molecule has 1 aliphatic rings. The van der Waals surface area contributed by atoms with E-state index in [0.717, 1.165) is 16.7 Å². The topological polar surface area (TPSA) is 112 Å². The van der Waals surface area contributed by atoms with Gasteiger partial charge in [0, 0.05) is 30.1 Å². The fourth-order valence-electron chi connectivity index (χ4n) is 4.41. The van der Waals surface area contributed by atoms with Gasteiger partial charge in [-0.1, -0.05) is 23.8 Å². The molecule has 0 bridgehead atoms. The summed E-state index contributed by atoms with van der Waals surface area (Å²) >= 11 is 0. The van der Waals surface area contributed by atoms with E-state index in [4.69, 9.17) is 4.74 Å². The number of H-pyrrole nitrogens is 1. The molecular formula is C26H24N4O4. The van der Waals surface area contributed by atoms with Crippen LogP contribution in [0.3, 0.4) is 0 Å². The number of aryl methyl sites for hydroxylation is 1. The van der Waals surface area contributed by atoms with Crippen LogP contribution in [0, 0.1) is 6.92 Å². The van der Waals surface area contributed by atoms with Gasteiger partial charge in [0.15, 0.2) is 11.5 Å². The largest absolute Gasteiger partial charge is 0.507 e. The lowest BCUT2D eigenvalue weighted by molar-refractivity contribution is 0.0729. The number of phenolic OH excluding ortho intramolecular Hbond substituents is 2. The van der Waals surface area contributed by atoms with E-state index in [1.54, 1.807) is 41.6 Å². The molecular weight excluding hydrogens is 432 g/mol. The van der Waals surface area contributed by atoms with E-state index in [1.165, 1.54) is 0 Å². The number of hydrogen-bond donors (Lipinski definition) is 3. The summed E-state index contributed by atoms with van der Waals surface area (Å²) in [4.78, 5) is 19.5. The Morgan fingerprint density at radius 2 is 1.94 bits per heavy atom. The highest BCUT2D eigenvalue weighted by Crippen LogP contribution is 2.46. The Balaban J connectivity index is 1.69. The second-order valence-electron chi connectivity index (χ2n) is 8.24. The average Bonchev–Trinajstić information content (AvgIpc) is 3.37. The second-order valence-corrected chi connectivity index (χ2v) is 8.24. The van der Waals surface area contributed by atoms with E-state index >= 15 is 0 Å². The number of amides is 1. The Hall–Kier alpha value is -4.33. The standard InChI is InChI=1S/C26H24N4O4/c1-3-34-21-12-17(7-9-20(21)32)25-22-23(18-11-15(2)6-8-19(18)31)28-29-24(22)26(33)30(25)14-16-5-4-10-27-13-16/h4-13,25,31-32H,3,14H2,1-2H3,(H,28,29)/t25-/m0/s1. The summed E-state index contributed by atoms with van der Waals surface area (Å²) in [5.41, 5.74) is 4.69. The summed E-state index contributed by atoms with van der Waals surface area (Å²) in [7, 11) is 0. The molecule has 0 saturated carbocycles. The highest BCUT2D eigenvalue weighted by molar-refractivity contribution is 6.00. The van der Waals surface area contributed by atoms with Gasteiger partial charge in [0.2, 0.25) is 0 Å². The van der Waals surface area contributed by atoms with Crippen molar-refractivity contribution in [1.82, 2.24) is 20.1 Å².